The van der Waals surface area contributed by atoms with Crippen LogP contribution in [0.25, 0.3) is 10.2 Å². The summed E-state index contributed by atoms with van der Waals surface area (Å²) in [6.07, 6.45) is 1.55. The second-order valence-electron chi connectivity index (χ2n) is 4.78. The zero-order valence-corrected chi connectivity index (χ0v) is 13.7. The van der Waals surface area contributed by atoms with Crippen LogP contribution in [-0.4, -0.2) is 21.1 Å². The topological polar surface area (TPSA) is 54.9 Å². The number of hydrogen-bond acceptors (Lipinski definition) is 5. The molecule has 2 heterocycles. The summed E-state index contributed by atoms with van der Waals surface area (Å²) in [4.78, 5) is 21.7. The number of carbonyl (C=O) groups excluding carboxylic acids is 1. The fourth-order valence-electron chi connectivity index (χ4n) is 2.01. The molecular weight excluding hydrogens is 314 g/mol. The number of thioether (sulfide) groups is 1. The zero-order chi connectivity index (χ0) is 15.4. The largest absolute Gasteiger partial charge is 0.351 e. The molecule has 0 bridgehead atoms. The quantitative estimate of drug-likeness (QED) is 0.575. The molecule has 1 amide bonds. The van der Waals surface area contributed by atoms with Crippen LogP contribution in [-0.2, 0) is 11.3 Å². The van der Waals surface area contributed by atoms with E-state index in [1.807, 2.05) is 48.7 Å². The maximum atomic E-state index is 12.2. The normalized spacial score (nSPS) is 12.2. The highest BCUT2D eigenvalue weighted by Gasteiger charge is 2.16. The van der Waals surface area contributed by atoms with Gasteiger partial charge in [-0.1, -0.05) is 42.1 Å². The summed E-state index contributed by atoms with van der Waals surface area (Å²) in [6, 6.07) is 11.9. The highest BCUT2D eigenvalue weighted by Crippen LogP contribution is 2.30. The summed E-state index contributed by atoms with van der Waals surface area (Å²) < 4.78 is 0. The Hall–Kier alpha value is -1.92. The minimum absolute atomic E-state index is 0.0100. The van der Waals surface area contributed by atoms with E-state index in [2.05, 4.69) is 15.3 Å². The molecule has 3 rings (SSSR count). The van der Waals surface area contributed by atoms with Gasteiger partial charge in [-0.25, -0.2) is 9.97 Å². The highest BCUT2D eigenvalue weighted by molar-refractivity contribution is 8.00. The highest BCUT2D eigenvalue weighted by atomic mass is 32.2. The van der Waals surface area contributed by atoms with Gasteiger partial charge in [0.2, 0.25) is 5.91 Å². The minimum Gasteiger partial charge on any atom is -0.351 e. The fourth-order valence-corrected chi connectivity index (χ4v) is 3.73. The molecule has 1 N–H and O–H groups in total. The minimum atomic E-state index is -0.207. The fraction of sp³-hybridized carbons (Fsp3) is 0.188. The molecule has 0 aliphatic heterocycles. The Bertz CT molecular complexity index is 773. The molecule has 0 unspecified atom stereocenters. The third kappa shape index (κ3) is 3.45. The maximum Gasteiger partial charge on any atom is 0.233 e. The Balaban J connectivity index is 1.63. The summed E-state index contributed by atoms with van der Waals surface area (Å²) in [7, 11) is 0. The van der Waals surface area contributed by atoms with Gasteiger partial charge in [0.05, 0.1) is 5.25 Å². The number of thiophene rings is 1. The number of rotatable bonds is 5. The van der Waals surface area contributed by atoms with Crippen LogP contribution in [0.5, 0.6) is 0 Å². The van der Waals surface area contributed by atoms with Gasteiger partial charge in [-0.05, 0) is 23.9 Å². The predicted molar refractivity (Wildman–Crippen MR) is 91.0 cm³/mol. The van der Waals surface area contributed by atoms with Crippen molar-refractivity contribution in [3.8, 4) is 0 Å². The van der Waals surface area contributed by atoms with Gasteiger partial charge >= 0.3 is 0 Å². The van der Waals surface area contributed by atoms with E-state index in [1.54, 1.807) is 17.7 Å². The molecule has 3 aromatic rings. The predicted octanol–water partition coefficient (Wildman–Crippen LogP) is 3.49. The molecule has 4 nitrogen and oxygen atoms in total. The number of nitrogens with one attached hydrogen (secondary N) is 1. The van der Waals surface area contributed by atoms with E-state index >= 15 is 0 Å². The van der Waals surface area contributed by atoms with Crippen LogP contribution in [0.4, 0.5) is 0 Å². The first-order valence-electron chi connectivity index (χ1n) is 6.90. The van der Waals surface area contributed by atoms with E-state index in [9.17, 15) is 4.79 Å². The number of carbonyl (C=O) groups is 1. The van der Waals surface area contributed by atoms with Crippen molar-refractivity contribution in [1.82, 2.24) is 15.3 Å². The average molecular weight is 329 g/mol. The number of hydrogen-bond donors (Lipinski definition) is 1. The van der Waals surface area contributed by atoms with Crippen molar-refractivity contribution >= 4 is 39.2 Å². The Morgan fingerprint density at radius 2 is 2.09 bits per heavy atom. The Morgan fingerprint density at radius 3 is 2.91 bits per heavy atom. The van der Waals surface area contributed by atoms with Crippen LogP contribution in [0, 0.1) is 0 Å². The molecule has 1 atom stereocenters. The van der Waals surface area contributed by atoms with Crippen LogP contribution in [0.15, 0.2) is 53.1 Å². The van der Waals surface area contributed by atoms with E-state index in [4.69, 9.17) is 0 Å². The van der Waals surface area contributed by atoms with Crippen LogP contribution >= 0.6 is 23.1 Å². The second-order valence-corrected chi connectivity index (χ2v) is 7.01. The monoisotopic (exact) mass is 329 g/mol. The van der Waals surface area contributed by atoms with Crippen LogP contribution in [0.3, 0.4) is 0 Å². The lowest BCUT2D eigenvalue weighted by Crippen LogP contribution is -2.30. The van der Waals surface area contributed by atoms with Crippen molar-refractivity contribution in [2.75, 3.05) is 0 Å². The third-order valence-corrected chi connectivity index (χ3v) is 5.13. The summed E-state index contributed by atoms with van der Waals surface area (Å²) in [5, 5.41) is 6.61. The Kier molecular flexibility index (Phi) is 4.70. The van der Waals surface area contributed by atoms with E-state index in [1.165, 1.54) is 11.8 Å². The van der Waals surface area contributed by atoms with E-state index < -0.39 is 0 Å². The lowest BCUT2D eigenvalue weighted by molar-refractivity contribution is -0.120. The zero-order valence-electron chi connectivity index (χ0n) is 12.0. The van der Waals surface area contributed by atoms with Gasteiger partial charge in [-0.3, -0.25) is 4.79 Å². The van der Waals surface area contributed by atoms with E-state index in [0.29, 0.717) is 6.54 Å². The molecule has 112 valence electrons. The molecule has 0 spiro atoms. The number of benzene rings is 1. The molecule has 1 aromatic carbocycles. The number of amides is 1. The van der Waals surface area contributed by atoms with Gasteiger partial charge in [-0.15, -0.1) is 11.3 Å². The SMILES string of the molecule is C[C@@H](Sc1ncnc2sccc12)C(=O)NCc1ccccc1. The smallest absolute Gasteiger partial charge is 0.233 e. The molecule has 0 fully saturated rings. The first-order chi connectivity index (χ1) is 10.7. The molecule has 0 saturated carbocycles. The lowest BCUT2D eigenvalue weighted by atomic mass is 10.2. The van der Waals surface area contributed by atoms with Crippen LogP contribution < -0.4 is 5.32 Å². The van der Waals surface area contributed by atoms with Gasteiger partial charge < -0.3 is 5.32 Å². The van der Waals surface area contributed by atoms with Crippen LogP contribution in [0.1, 0.15) is 12.5 Å². The summed E-state index contributed by atoms with van der Waals surface area (Å²) in [5.41, 5.74) is 1.09. The maximum absolute atomic E-state index is 12.2. The summed E-state index contributed by atoms with van der Waals surface area (Å²) >= 11 is 3.04. The molecule has 2 aromatic heterocycles. The Labute approximate surface area is 137 Å². The molecule has 0 aliphatic carbocycles. The van der Waals surface area contributed by atoms with Gasteiger partial charge in [0.1, 0.15) is 16.2 Å². The van der Waals surface area contributed by atoms with E-state index in [-0.39, 0.29) is 11.2 Å². The van der Waals surface area contributed by atoms with Crippen molar-refractivity contribution in [2.24, 2.45) is 0 Å². The molecule has 6 heteroatoms. The van der Waals surface area contributed by atoms with Crippen molar-refractivity contribution in [3.05, 3.63) is 53.7 Å². The van der Waals surface area contributed by atoms with Crippen molar-refractivity contribution in [1.29, 1.82) is 0 Å². The van der Waals surface area contributed by atoms with E-state index in [0.717, 1.165) is 20.8 Å². The van der Waals surface area contributed by atoms with Crippen LogP contribution in [0.2, 0.25) is 0 Å². The summed E-state index contributed by atoms with van der Waals surface area (Å²) in [5.74, 6) is 0.0100. The number of nitrogens with zero attached hydrogens (tertiary/aromatic N) is 2. The van der Waals surface area contributed by atoms with Gasteiger partial charge in [0.15, 0.2) is 0 Å². The molecule has 0 radical (unpaired) electrons. The molecular formula is C16H15N3OS2. The van der Waals surface area contributed by atoms with Crippen molar-refractivity contribution in [3.63, 3.8) is 0 Å². The standard InChI is InChI=1S/C16H15N3OS2/c1-11(14(20)17-9-12-5-3-2-4-6-12)22-16-13-7-8-21-15(13)18-10-19-16/h2-8,10-11H,9H2,1H3,(H,17,20)/t11-/m1/s1. The van der Waals surface area contributed by atoms with Crippen molar-refractivity contribution in [2.45, 2.75) is 23.7 Å². The molecule has 0 aliphatic rings. The van der Waals surface area contributed by atoms with Gasteiger partial charge in [-0.2, -0.15) is 0 Å². The number of aromatic nitrogens is 2. The first-order valence-corrected chi connectivity index (χ1v) is 8.66. The summed E-state index contributed by atoms with van der Waals surface area (Å²) in [6.45, 7) is 2.44. The first kappa shape index (κ1) is 15.0. The Morgan fingerprint density at radius 1 is 1.27 bits per heavy atom. The average Bonchev–Trinajstić information content (AvgIpc) is 3.03. The molecule has 0 saturated heterocycles. The number of fused-ring (bicyclic) bond motifs is 1. The lowest BCUT2D eigenvalue weighted by Gasteiger charge is -2.12. The van der Waals surface area contributed by atoms with Gasteiger partial charge in [0.25, 0.3) is 0 Å². The molecule has 22 heavy (non-hydrogen) atoms. The second kappa shape index (κ2) is 6.89. The third-order valence-electron chi connectivity index (χ3n) is 3.19. The van der Waals surface area contributed by atoms with Gasteiger partial charge in [0, 0.05) is 11.9 Å². The van der Waals surface area contributed by atoms with Crippen molar-refractivity contribution < 1.29 is 4.79 Å².